The second-order valence-corrected chi connectivity index (χ2v) is 6.15. The molecule has 1 atom stereocenters. The Kier molecular flexibility index (Phi) is 5.80. The summed E-state index contributed by atoms with van der Waals surface area (Å²) in [5, 5.41) is 3.60. The van der Waals surface area contributed by atoms with Crippen molar-refractivity contribution in [2.45, 2.75) is 33.2 Å². The molecule has 1 aromatic heterocycles. The minimum atomic E-state index is 0.747. The molecular weight excluding hydrogens is 234 g/mol. The Hall–Kier alpha value is -0.930. The van der Waals surface area contributed by atoms with Crippen LogP contribution in [0.5, 0.6) is 0 Å². The number of piperidine rings is 1. The Morgan fingerprint density at radius 3 is 2.89 bits per heavy atom. The highest BCUT2D eigenvalue weighted by Crippen LogP contribution is 2.17. The monoisotopic (exact) mass is 261 g/mol. The Balaban J connectivity index is 1.74. The molecule has 0 spiro atoms. The molecule has 0 radical (unpaired) electrons. The maximum absolute atomic E-state index is 4.08. The molecule has 0 amide bonds. The van der Waals surface area contributed by atoms with Crippen LogP contribution in [0.15, 0.2) is 24.5 Å². The number of hydrogen-bond donors (Lipinski definition) is 1. The maximum atomic E-state index is 4.08. The summed E-state index contributed by atoms with van der Waals surface area (Å²) < 4.78 is 0. The highest BCUT2D eigenvalue weighted by atomic mass is 15.1. The maximum Gasteiger partial charge on any atom is 0.0271 e. The van der Waals surface area contributed by atoms with Crippen molar-refractivity contribution in [2.24, 2.45) is 11.8 Å². The number of pyridine rings is 1. The highest BCUT2D eigenvalue weighted by molar-refractivity contribution is 5.09. The van der Waals surface area contributed by atoms with E-state index in [1.54, 1.807) is 0 Å². The van der Waals surface area contributed by atoms with Crippen molar-refractivity contribution in [1.82, 2.24) is 15.2 Å². The van der Waals surface area contributed by atoms with Crippen molar-refractivity contribution in [3.8, 4) is 0 Å². The molecule has 1 aromatic rings. The standard InChI is InChI=1S/C16H27N3/c1-14(2)10-18-11-16-4-3-9-19(13-16)12-15-5-7-17-8-6-15/h5-8,14,16,18H,3-4,9-13H2,1-2H3. The molecule has 0 saturated carbocycles. The number of nitrogens with zero attached hydrogens (tertiary/aromatic N) is 2. The third-order valence-electron chi connectivity index (χ3n) is 3.74. The van der Waals surface area contributed by atoms with Crippen molar-refractivity contribution in [2.75, 3.05) is 26.2 Å². The zero-order chi connectivity index (χ0) is 13.5. The lowest BCUT2D eigenvalue weighted by Crippen LogP contribution is -2.39. The molecule has 0 aliphatic carbocycles. The fraction of sp³-hybridized carbons (Fsp3) is 0.688. The SMILES string of the molecule is CC(C)CNCC1CCCN(Cc2ccncc2)C1. The van der Waals surface area contributed by atoms with Crippen molar-refractivity contribution >= 4 is 0 Å². The summed E-state index contributed by atoms with van der Waals surface area (Å²) in [6.07, 6.45) is 6.49. The van der Waals surface area contributed by atoms with E-state index in [0.29, 0.717) is 0 Å². The summed E-state index contributed by atoms with van der Waals surface area (Å²) in [6, 6.07) is 4.25. The van der Waals surface area contributed by atoms with E-state index in [0.717, 1.165) is 24.9 Å². The molecule has 106 valence electrons. The van der Waals surface area contributed by atoms with Gasteiger partial charge in [-0.3, -0.25) is 9.88 Å². The van der Waals surface area contributed by atoms with E-state index in [1.807, 2.05) is 12.4 Å². The Morgan fingerprint density at radius 1 is 1.37 bits per heavy atom. The smallest absolute Gasteiger partial charge is 0.0271 e. The van der Waals surface area contributed by atoms with Crippen LogP contribution in [0.25, 0.3) is 0 Å². The summed E-state index contributed by atoms with van der Waals surface area (Å²) in [6.45, 7) is 10.4. The molecule has 1 N–H and O–H groups in total. The molecule has 2 heterocycles. The van der Waals surface area contributed by atoms with Gasteiger partial charge in [-0.05, 0) is 62.0 Å². The number of likely N-dealkylation sites (tertiary alicyclic amines) is 1. The van der Waals surface area contributed by atoms with Crippen molar-refractivity contribution in [3.63, 3.8) is 0 Å². The van der Waals surface area contributed by atoms with Crippen LogP contribution in [0.2, 0.25) is 0 Å². The van der Waals surface area contributed by atoms with E-state index in [4.69, 9.17) is 0 Å². The summed E-state index contributed by atoms with van der Waals surface area (Å²) in [5.41, 5.74) is 1.38. The van der Waals surface area contributed by atoms with E-state index in [1.165, 1.54) is 38.0 Å². The molecule has 1 fully saturated rings. The van der Waals surface area contributed by atoms with Gasteiger partial charge < -0.3 is 5.32 Å². The minimum absolute atomic E-state index is 0.747. The van der Waals surface area contributed by atoms with E-state index in [-0.39, 0.29) is 0 Å². The van der Waals surface area contributed by atoms with Crippen LogP contribution in [-0.2, 0) is 6.54 Å². The fourth-order valence-corrected chi connectivity index (χ4v) is 2.78. The van der Waals surface area contributed by atoms with Crippen LogP contribution in [-0.4, -0.2) is 36.1 Å². The molecule has 1 unspecified atom stereocenters. The predicted molar refractivity (Wildman–Crippen MR) is 79.9 cm³/mol. The van der Waals surface area contributed by atoms with E-state index < -0.39 is 0 Å². The molecule has 1 aliphatic heterocycles. The molecule has 1 aliphatic rings. The van der Waals surface area contributed by atoms with E-state index in [9.17, 15) is 0 Å². The lowest BCUT2D eigenvalue weighted by molar-refractivity contribution is 0.165. The van der Waals surface area contributed by atoms with Gasteiger partial charge in [-0.25, -0.2) is 0 Å². The molecule has 2 rings (SSSR count). The van der Waals surface area contributed by atoms with Gasteiger partial charge in [-0.2, -0.15) is 0 Å². The van der Waals surface area contributed by atoms with Crippen LogP contribution in [0.4, 0.5) is 0 Å². The van der Waals surface area contributed by atoms with E-state index >= 15 is 0 Å². The van der Waals surface area contributed by atoms with Gasteiger partial charge in [-0.1, -0.05) is 13.8 Å². The average molecular weight is 261 g/mol. The zero-order valence-corrected chi connectivity index (χ0v) is 12.3. The summed E-state index contributed by atoms with van der Waals surface area (Å²) in [5.74, 6) is 1.56. The summed E-state index contributed by atoms with van der Waals surface area (Å²) in [4.78, 5) is 6.67. The van der Waals surface area contributed by atoms with Crippen molar-refractivity contribution in [1.29, 1.82) is 0 Å². The van der Waals surface area contributed by atoms with Gasteiger partial charge in [0.25, 0.3) is 0 Å². The second kappa shape index (κ2) is 7.61. The van der Waals surface area contributed by atoms with Crippen molar-refractivity contribution < 1.29 is 0 Å². The van der Waals surface area contributed by atoms with Crippen molar-refractivity contribution in [3.05, 3.63) is 30.1 Å². The number of nitrogens with one attached hydrogen (secondary N) is 1. The first kappa shape index (κ1) is 14.5. The second-order valence-electron chi connectivity index (χ2n) is 6.15. The third kappa shape index (κ3) is 5.29. The Morgan fingerprint density at radius 2 is 2.16 bits per heavy atom. The fourth-order valence-electron chi connectivity index (χ4n) is 2.78. The molecule has 19 heavy (non-hydrogen) atoms. The van der Waals surface area contributed by atoms with Gasteiger partial charge in [0.05, 0.1) is 0 Å². The van der Waals surface area contributed by atoms with Crippen LogP contribution in [0.3, 0.4) is 0 Å². The van der Waals surface area contributed by atoms with Crippen LogP contribution >= 0.6 is 0 Å². The van der Waals surface area contributed by atoms with Gasteiger partial charge in [0.15, 0.2) is 0 Å². The van der Waals surface area contributed by atoms with Gasteiger partial charge in [0.1, 0.15) is 0 Å². The van der Waals surface area contributed by atoms with Gasteiger partial charge in [0.2, 0.25) is 0 Å². The third-order valence-corrected chi connectivity index (χ3v) is 3.74. The first-order chi connectivity index (χ1) is 9.24. The molecule has 3 heteroatoms. The average Bonchev–Trinajstić information content (AvgIpc) is 2.40. The molecule has 0 aromatic carbocycles. The minimum Gasteiger partial charge on any atom is -0.316 e. The van der Waals surface area contributed by atoms with Crippen LogP contribution in [0.1, 0.15) is 32.3 Å². The topological polar surface area (TPSA) is 28.2 Å². The number of hydrogen-bond acceptors (Lipinski definition) is 3. The highest BCUT2D eigenvalue weighted by Gasteiger charge is 2.19. The largest absolute Gasteiger partial charge is 0.316 e. The van der Waals surface area contributed by atoms with Gasteiger partial charge >= 0.3 is 0 Å². The number of aromatic nitrogens is 1. The first-order valence-corrected chi connectivity index (χ1v) is 7.56. The summed E-state index contributed by atoms with van der Waals surface area (Å²) in [7, 11) is 0. The normalized spacial score (nSPS) is 20.9. The molecular formula is C16H27N3. The van der Waals surface area contributed by atoms with E-state index in [2.05, 4.69) is 41.2 Å². The quantitative estimate of drug-likeness (QED) is 0.853. The van der Waals surface area contributed by atoms with Crippen LogP contribution < -0.4 is 5.32 Å². The lowest BCUT2D eigenvalue weighted by atomic mass is 9.97. The van der Waals surface area contributed by atoms with Crippen LogP contribution in [0, 0.1) is 11.8 Å². The molecule has 1 saturated heterocycles. The Labute approximate surface area is 117 Å². The molecule has 3 nitrogen and oxygen atoms in total. The van der Waals surface area contributed by atoms with Gasteiger partial charge in [-0.15, -0.1) is 0 Å². The number of rotatable bonds is 6. The van der Waals surface area contributed by atoms with Gasteiger partial charge in [0, 0.05) is 25.5 Å². The summed E-state index contributed by atoms with van der Waals surface area (Å²) >= 11 is 0. The molecule has 0 bridgehead atoms. The lowest BCUT2D eigenvalue weighted by Gasteiger charge is -2.33. The predicted octanol–water partition coefficient (Wildman–Crippen LogP) is 2.54. The first-order valence-electron chi connectivity index (χ1n) is 7.56. The Bertz CT molecular complexity index is 350. The zero-order valence-electron chi connectivity index (χ0n) is 12.3.